The van der Waals surface area contributed by atoms with E-state index in [1.54, 1.807) is 12.3 Å². The summed E-state index contributed by atoms with van der Waals surface area (Å²) in [5.74, 6) is -0.125. The van der Waals surface area contributed by atoms with E-state index in [-0.39, 0.29) is 24.2 Å². The van der Waals surface area contributed by atoms with Crippen LogP contribution in [0.2, 0.25) is 0 Å². The van der Waals surface area contributed by atoms with Crippen molar-refractivity contribution < 1.29 is 9.13 Å². The van der Waals surface area contributed by atoms with Crippen molar-refractivity contribution in [3.05, 3.63) is 59.2 Å². The van der Waals surface area contributed by atoms with Crippen molar-refractivity contribution in [2.75, 3.05) is 0 Å². The van der Waals surface area contributed by atoms with Crippen LogP contribution >= 0.6 is 0 Å². The Balaban J connectivity index is 2.05. The van der Waals surface area contributed by atoms with Crippen molar-refractivity contribution in [2.24, 2.45) is 5.73 Å². The van der Waals surface area contributed by atoms with Crippen LogP contribution in [0.4, 0.5) is 4.39 Å². The zero-order valence-electron chi connectivity index (χ0n) is 11.8. The molecule has 0 aliphatic carbocycles. The summed E-state index contributed by atoms with van der Waals surface area (Å²) in [5, 5.41) is 0. The first kappa shape index (κ1) is 14.5. The van der Waals surface area contributed by atoms with E-state index in [4.69, 9.17) is 10.5 Å². The molecule has 3 nitrogen and oxygen atoms in total. The third kappa shape index (κ3) is 3.78. The molecule has 0 fully saturated rings. The van der Waals surface area contributed by atoms with Gasteiger partial charge in [-0.05, 0) is 49.6 Å². The van der Waals surface area contributed by atoms with Crippen LogP contribution in [0.5, 0.6) is 5.75 Å². The molecule has 1 aromatic heterocycles. The zero-order chi connectivity index (χ0) is 14.5. The van der Waals surface area contributed by atoms with Crippen molar-refractivity contribution >= 4 is 0 Å². The second-order valence-electron chi connectivity index (χ2n) is 5.00. The van der Waals surface area contributed by atoms with E-state index in [2.05, 4.69) is 4.98 Å². The fourth-order valence-corrected chi connectivity index (χ4v) is 1.98. The molecule has 1 unspecified atom stereocenters. The Morgan fingerprint density at radius 1 is 1.35 bits per heavy atom. The highest BCUT2D eigenvalue weighted by Gasteiger charge is 2.07. The van der Waals surface area contributed by atoms with E-state index in [9.17, 15) is 4.39 Å². The molecule has 1 heterocycles. The average molecular weight is 274 g/mol. The summed E-state index contributed by atoms with van der Waals surface area (Å²) in [5.41, 5.74) is 8.42. The van der Waals surface area contributed by atoms with Gasteiger partial charge in [0.1, 0.15) is 6.61 Å². The molecule has 1 aromatic carbocycles. The van der Waals surface area contributed by atoms with Crippen LogP contribution in [-0.2, 0) is 13.0 Å². The number of benzene rings is 1. The number of halogens is 1. The Bertz CT molecular complexity index is 584. The number of hydrogen-bond acceptors (Lipinski definition) is 3. The minimum absolute atomic E-state index is 0.0114. The van der Waals surface area contributed by atoms with Gasteiger partial charge in [0.05, 0.1) is 5.69 Å². The van der Waals surface area contributed by atoms with Gasteiger partial charge in [-0.2, -0.15) is 0 Å². The fourth-order valence-electron chi connectivity index (χ4n) is 1.98. The van der Waals surface area contributed by atoms with Crippen molar-refractivity contribution in [3.8, 4) is 5.75 Å². The standard InChI is InChI=1S/C16H19FN2O/c1-11-4-3-7-19-15(11)10-20-16-6-5-13(8-12(2)18)9-14(16)17/h3-7,9,12H,8,10,18H2,1-2H3. The van der Waals surface area contributed by atoms with Gasteiger partial charge < -0.3 is 10.5 Å². The Morgan fingerprint density at radius 2 is 2.15 bits per heavy atom. The molecule has 0 radical (unpaired) electrons. The van der Waals surface area contributed by atoms with Crippen LogP contribution in [-0.4, -0.2) is 11.0 Å². The van der Waals surface area contributed by atoms with Crippen molar-refractivity contribution in [1.82, 2.24) is 4.98 Å². The second kappa shape index (κ2) is 6.48. The molecular weight excluding hydrogens is 255 g/mol. The Morgan fingerprint density at radius 3 is 2.80 bits per heavy atom. The maximum Gasteiger partial charge on any atom is 0.165 e. The van der Waals surface area contributed by atoms with Gasteiger partial charge in [-0.3, -0.25) is 4.98 Å². The minimum atomic E-state index is -0.364. The molecule has 0 saturated carbocycles. The highest BCUT2D eigenvalue weighted by molar-refractivity contribution is 5.30. The van der Waals surface area contributed by atoms with E-state index in [0.29, 0.717) is 6.42 Å². The monoisotopic (exact) mass is 274 g/mol. The zero-order valence-corrected chi connectivity index (χ0v) is 11.8. The summed E-state index contributed by atoms with van der Waals surface area (Å²) < 4.78 is 19.4. The summed E-state index contributed by atoms with van der Waals surface area (Å²) in [6, 6.07) is 8.79. The molecule has 0 bridgehead atoms. The van der Waals surface area contributed by atoms with E-state index >= 15 is 0 Å². The lowest BCUT2D eigenvalue weighted by Crippen LogP contribution is -2.17. The largest absolute Gasteiger partial charge is 0.484 e. The number of nitrogens with two attached hydrogens (primary N) is 1. The maximum atomic E-state index is 13.9. The molecule has 2 rings (SSSR count). The van der Waals surface area contributed by atoms with Crippen molar-refractivity contribution in [3.63, 3.8) is 0 Å². The molecule has 2 N–H and O–H groups in total. The van der Waals surface area contributed by atoms with Crippen molar-refractivity contribution in [1.29, 1.82) is 0 Å². The average Bonchev–Trinajstić information content (AvgIpc) is 2.39. The normalized spacial score (nSPS) is 12.2. The molecule has 0 aliphatic heterocycles. The van der Waals surface area contributed by atoms with Gasteiger partial charge in [-0.15, -0.1) is 0 Å². The van der Waals surface area contributed by atoms with Crippen LogP contribution in [0, 0.1) is 12.7 Å². The van der Waals surface area contributed by atoms with Gasteiger partial charge in [-0.1, -0.05) is 12.1 Å². The van der Waals surface area contributed by atoms with Crippen molar-refractivity contribution in [2.45, 2.75) is 32.9 Å². The minimum Gasteiger partial charge on any atom is -0.484 e. The number of hydrogen-bond donors (Lipinski definition) is 1. The third-order valence-corrected chi connectivity index (χ3v) is 3.04. The van der Waals surface area contributed by atoms with Crippen LogP contribution in [0.3, 0.4) is 0 Å². The topological polar surface area (TPSA) is 48.1 Å². The summed E-state index contributed by atoms with van der Waals surface area (Å²) in [6.45, 7) is 4.11. The number of pyridine rings is 1. The molecule has 4 heteroatoms. The lowest BCUT2D eigenvalue weighted by Gasteiger charge is -2.10. The number of ether oxygens (including phenoxy) is 1. The van der Waals surface area contributed by atoms with E-state index in [1.165, 1.54) is 6.07 Å². The highest BCUT2D eigenvalue weighted by Crippen LogP contribution is 2.20. The number of aryl methyl sites for hydroxylation is 1. The number of nitrogens with zero attached hydrogens (tertiary/aromatic N) is 1. The van der Waals surface area contributed by atoms with Crippen LogP contribution in [0.15, 0.2) is 36.5 Å². The third-order valence-electron chi connectivity index (χ3n) is 3.04. The molecule has 106 valence electrons. The first-order valence-electron chi connectivity index (χ1n) is 6.63. The van der Waals surface area contributed by atoms with Crippen LogP contribution < -0.4 is 10.5 Å². The van der Waals surface area contributed by atoms with E-state index < -0.39 is 0 Å². The smallest absolute Gasteiger partial charge is 0.165 e. The lowest BCUT2D eigenvalue weighted by molar-refractivity contribution is 0.285. The van der Waals surface area contributed by atoms with Gasteiger partial charge >= 0.3 is 0 Å². The summed E-state index contributed by atoms with van der Waals surface area (Å²) >= 11 is 0. The Hall–Kier alpha value is -1.94. The molecule has 1 atom stereocenters. The summed E-state index contributed by atoms with van der Waals surface area (Å²) in [6.07, 6.45) is 2.35. The number of aromatic nitrogens is 1. The molecule has 0 saturated heterocycles. The molecule has 0 spiro atoms. The first-order chi connectivity index (χ1) is 9.56. The summed E-state index contributed by atoms with van der Waals surface area (Å²) in [7, 11) is 0. The molecule has 0 amide bonds. The number of rotatable bonds is 5. The van der Waals surface area contributed by atoms with Gasteiger partial charge in [0, 0.05) is 12.2 Å². The molecular formula is C16H19FN2O. The maximum absolute atomic E-state index is 13.9. The van der Waals surface area contributed by atoms with Gasteiger partial charge in [0.15, 0.2) is 11.6 Å². The van der Waals surface area contributed by atoms with Gasteiger partial charge in [0.2, 0.25) is 0 Å². The first-order valence-corrected chi connectivity index (χ1v) is 6.63. The second-order valence-corrected chi connectivity index (χ2v) is 5.00. The molecule has 0 aliphatic rings. The predicted molar refractivity (Wildman–Crippen MR) is 77.1 cm³/mol. The van der Waals surface area contributed by atoms with Crippen LogP contribution in [0.1, 0.15) is 23.7 Å². The van der Waals surface area contributed by atoms with E-state index in [1.807, 2.05) is 32.0 Å². The van der Waals surface area contributed by atoms with E-state index in [0.717, 1.165) is 16.8 Å². The lowest BCUT2D eigenvalue weighted by atomic mass is 10.1. The molecule has 20 heavy (non-hydrogen) atoms. The van der Waals surface area contributed by atoms with Crippen LogP contribution in [0.25, 0.3) is 0 Å². The summed E-state index contributed by atoms with van der Waals surface area (Å²) in [4.78, 5) is 4.22. The SMILES string of the molecule is Cc1cccnc1COc1ccc(CC(C)N)cc1F. The fraction of sp³-hybridized carbons (Fsp3) is 0.312. The highest BCUT2D eigenvalue weighted by atomic mass is 19.1. The Labute approximate surface area is 118 Å². The predicted octanol–water partition coefficient (Wildman–Crippen LogP) is 3.00. The van der Waals surface area contributed by atoms with Gasteiger partial charge in [-0.25, -0.2) is 4.39 Å². The quantitative estimate of drug-likeness (QED) is 0.911. The van der Waals surface area contributed by atoms with Gasteiger partial charge in [0.25, 0.3) is 0 Å². The molecule has 2 aromatic rings. The Kier molecular flexibility index (Phi) is 4.69.